The summed E-state index contributed by atoms with van der Waals surface area (Å²) in [4.78, 5) is 11.2. The number of aryl methyl sites for hydroxylation is 1. The predicted molar refractivity (Wildman–Crippen MR) is 51.2 cm³/mol. The minimum Gasteiger partial charge on any atom is -0.408 e. The van der Waals surface area contributed by atoms with Gasteiger partial charge in [-0.2, -0.15) is 0 Å². The van der Waals surface area contributed by atoms with E-state index in [1.807, 2.05) is 0 Å². The van der Waals surface area contributed by atoms with Gasteiger partial charge in [-0.05, 0) is 18.6 Å². The van der Waals surface area contributed by atoms with Crippen molar-refractivity contribution in [1.82, 2.24) is 4.57 Å². The molecule has 0 saturated carbocycles. The summed E-state index contributed by atoms with van der Waals surface area (Å²) in [6.07, 6.45) is -2.66. The second kappa shape index (κ2) is 3.70. The van der Waals surface area contributed by atoms with E-state index in [-0.39, 0.29) is 16.7 Å². The largest absolute Gasteiger partial charge is 0.420 e. The zero-order chi connectivity index (χ0) is 11.9. The van der Waals surface area contributed by atoms with Gasteiger partial charge in [0.1, 0.15) is 5.82 Å². The molecule has 3 nitrogen and oxygen atoms in total. The topological polar surface area (TPSA) is 35.1 Å². The van der Waals surface area contributed by atoms with Gasteiger partial charge in [0, 0.05) is 6.07 Å². The van der Waals surface area contributed by atoms with Crippen LogP contribution in [0.2, 0.25) is 0 Å². The van der Waals surface area contributed by atoms with E-state index < -0.39 is 24.5 Å². The maximum absolute atomic E-state index is 13.1. The van der Waals surface area contributed by atoms with Crippen LogP contribution in [0.5, 0.6) is 0 Å². The number of fused-ring (bicyclic) bond motifs is 1. The fraction of sp³-hybridized carbons (Fsp3) is 0.300. The average Bonchev–Trinajstić information content (AvgIpc) is 2.45. The van der Waals surface area contributed by atoms with Crippen LogP contribution in [0.1, 0.15) is 5.56 Å². The minimum absolute atomic E-state index is 0.0197. The molecule has 0 aliphatic heterocycles. The van der Waals surface area contributed by atoms with Gasteiger partial charge in [0.2, 0.25) is 0 Å². The van der Waals surface area contributed by atoms with Gasteiger partial charge in [0.15, 0.2) is 5.58 Å². The number of nitrogens with zero attached hydrogens (tertiary/aromatic N) is 1. The zero-order valence-electron chi connectivity index (χ0n) is 8.34. The molecule has 0 N–H and O–H groups in total. The maximum atomic E-state index is 13.1. The lowest BCUT2D eigenvalue weighted by Gasteiger charge is -2.01. The first kappa shape index (κ1) is 10.8. The van der Waals surface area contributed by atoms with Gasteiger partial charge >= 0.3 is 5.76 Å². The van der Waals surface area contributed by atoms with Gasteiger partial charge in [0.25, 0.3) is 6.43 Å². The molecule has 0 aliphatic carbocycles. The molecular formula is C10H8F3NO2. The van der Waals surface area contributed by atoms with Crippen molar-refractivity contribution < 1.29 is 17.6 Å². The van der Waals surface area contributed by atoms with E-state index in [4.69, 9.17) is 0 Å². The fourth-order valence-corrected chi connectivity index (χ4v) is 1.50. The summed E-state index contributed by atoms with van der Waals surface area (Å²) in [5, 5.41) is 0. The summed E-state index contributed by atoms with van der Waals surface area (Å²) < 4.78 is 43.0. The van der Waals surface area contributed by atoms with Gasteiger partial charge in [-0.3, -0.25) is 4.57 Å². The van der Waals surface area contributed by atoms with Crippen molar-refractivity contribution >= 4 is 11.1 Å². The van der Waals surface area contributed by atoms with Crippen molar-refractivity contribution in [1.29, 1.82) is 0 Å². The maximum Gasteiger partial charge on any atom is 0.420 e. The Morgan fingerprint density at radius 2 is 2.12 bits per heavy atom. The van der Waals surface area contributed by atoms with E-state index in [1.165, 1.54) is 13.0 Å². The number of halogens is 3. The van der Waals surface area contributed by atoms with Crippen LogP contribution in [-0.2, 0) is 6.54 Å². The average molecular weight is 231 g/mol. The lowest BCUT2D eigenvalue weighted by molar-refractivity contribution is 0.125. The van der Waals surface area contributed by atoms with Crippen molar-refractivity contribution in [2.75, 3.05) is 0 Å². The first-order valence-electron chi connectivity index (χ1n) is 4.56. The van der Waals surface area contributed by atoms with E-state index in [0.717, 1.165) is 10.6 Å². The molecular weight excluding hydrogens is 223 g/mol. The summed E-state index contributed by atoms with van der Waals surface area (Å²) in [7, 11) is 0. The molecule has 86 valence electrons. The van der Waals surface area contributed by atoms with Crippen molar-refractivity contribution in [2.24, 2.45) is 0 Å². The van der Waals surface area contributed by atoms with Crippen LogP contribution in [0.4, 0.5) is 13.2 Å². The summed E-state index contributed by atoms with van der Waals surface area (Å²) >= 11 is 0. The van der Waals surface area contributed by atoms with E-state index in [1.54, 1.807) is 0 Å². The Labute approximate surface area is 88.1 Å². The van der Waals surface area contributed by atoms with Crippen molar-refractivity contribution in [2.45, 2.75) is 19.9 Å². The van der Waals surface area contributed by atoms with Crippen molar-refractivity contribution in [3.8, 4) is 0 Å². The Hall–Kier alpha value is -1.72. The number of aromatic nitrogens is 1. The number of oxazole rings is 1. The molecule has 0 amide bonds. The molecule has 0 saturated heterocycles. The van der Waals surface area contributed by atoms with E-state index in [2.05, 4.69) is 4.42 Å². The van der Waals surface area contributed by atoms with Gasteiger partial charge < -0.3 is 4.42 Å². The van der Waals surface area contributed by atoms with Crippen LogP contribution < -0.4 is 5.76 Å². The molecule has 2 rings (SSSR count). The van der Waals surface area contributed by atoms with Gasteiger partial charge in [0.05, 0.1) is 12.1 Å². The smallest absolute Gasteiger partial charge is 0.408 e. The normalized spacial score (nSPS) is 11.6. The quantitative estimate of drug-likeness (QED) is 0.794. The molecule has 0 fully saturated rings. The molecule has 1 heterocycles. The Balaban J connectivity index is 2.69. The third kappa shape index (κ3) is 1.70. The highest BCUT2D eigenvalue weighted by Gasteiger charge is 2.15. The second-order valence-electron chi connectivity index (χ2n) is 3.44. The van der Waals surface area contributed by atoms with Gasteiger partial charge in [-0.1, -0.05) is 0 Å². The minimum atomic E-state index is -2.66. The molecule has 0 atom stereocenters. The number of benzene rings is 1. The van der Waals surface area contributed by atoms with Crippen LogP contribution in [0.25, 0.3) is 11.1 Å². The fourth-order valence-electron chi connectivity index (χ4n) is 1.50. The van der Waals surface area contributed by atoms with E-state index >= 15 is 0 Å². The van der Waals surface area contributed by atoms with Gasteiger partial charge in [-0.15, -0.1) is 0 Å². The van der Waals surface area contributed by atoms with E-state index in [0.29, 0.717) is 0 Å². The molecule has 2 aromatic rings. The molecule has 0 bridgehead atoms. The first-order valence-corrected chi connectivity index (χ1v) is 4.56. The van der Waals surface area contributed by atoms with Gasteiger partial charge in [-0.25, -0.2) is 18.0 Å². The highest BCUT2D eigenvalue weighted by molar-refractivity contribution is 5.74. The number of hydrogen-bond acceptors (Lipinski definition) is 2. The Morgan fingerprint density at radius 1 is 1.44 bits per heavy atom. The lowest BCUT2D eigenvalue weighted by atomic mass is 10.2. The monoisotopic (exact) mass is 231 g/mol. The standard InChI is InChI=1S/C10H8F3NO2/c1-5-2-7-8(3-6(5)11)16-10(15)14(7)4-9(12)13/h2-3,9H,4H2,1H3. The third-order valence-electron chi connectivity index (χ3n) is 2.27. The molecule has 0 unspecified atom stereocenters. The van der Waals surface area contributed by atoms with Crippen LogP contribution in [0.3, 0.4) is 0 Å². The SMILES string of the molecule is Cc1cc2c(cc1F)oc(=O)n2CC(F)F. The Bertz CT molecular complexity index is 585. The molecule has 1 aromatic carbocycles. The lowest BCUT2D eigenvalue weighted by Crippen LogP contribution is -2.18. The van der Waals surface area contributed by atoms with Crippen molar-refractivity contribution in [3.63, 3.8) is 0 Å². The predicted octanol–water partition coefficient (Wildman–Crippen LogP) is 2.31. The van der Waals surface area contributed by atoms with Crippen molar-refractivity contribution in [3.05, 3.63) is 34.1 Å². The molecule has 0 aliphatic rings. The van der Waals surface area contributed by atoms with Crippen LogP contribution in [0, 0.1) is 12.7 Å². The molecule has 16 heavy (non-hydrogen) atoms. The highest BCUT2D eigenvalue weighted by Crippen LogP contribution is 2.18. The highest BCUT2D eigenvalue weighted by atomic mass is 19.3. The molecule has 0 radical (unpaired) electrons. The summed E-state index contributed by atoms with van der Waals surface area (Å²) in [6.45, 7) is 0.732. The van der Waals surface area contributed by atoms with Crippen LogP contribution in [-0.4, -0.2) is 11.0 Å². The number of alkyl halides is 2. The van der Waals surface area contributed by atoms with E-state index in [9.17, 15) is 18.0 Å². The Kier molecular flexibility index (Phi) is 2.49. The number of rotatable bonds is 2. The zero-order valence-corrected chi connectivity index (χ0v) is 8.34. The molecule has 1 aromatic heterocycles. The first-order chi connectivity index (χ1) is 7.49. The summed E-state index contributed by atoms with van der Waals surface area (Å²) in [6, 6.07) is 2.34. The third-order valence-corrected chi connectivity index (χ3v) is 2.27. The summed E-state index contributed by atoms with van der Waals surface area (Å²) in [5.74, 6) is -1.44. The Morgan fingerprint density at radius 3 is 2.75 bits per heavy atom. The molecule has 0 spiro atoms. The van der Waals surface area contributed by atoms with Crippen LogP contribution >= 0.6 is 0 Å². The number of hydrogen-bond donors (Lipinski definition) is 0. The molecule has 6 heteroatoms. The summed E-state index contributed by atoms with van der Waals surface area (Å²) in [5.41, 5.74) is 0.439. The second-order valence-corrected chi connectivity index (χ2v) is 3.44. The van der Waals surface area contributed by atoms with Crippen LogP contribution in [0.15, 0.2) is 21.3 Å².